The molecule has 1 rings (SSSR count). The Morgan fingerprint density at radius 2 is 2.38 bits per heavy atom. The van der Waals surface area contributed by atoms with Gasteiger partial charge in [0, 0.05) is 16.9 Å². The topological polar surface area (TPSA) is 33.1 Å². The smallest absolute Gasteiger partial charge is 0.0644 e. The van der Waals surface area contributed by atoms with Crippen LogP contribution < -0.4 is 0 Å². The van der Waals surface area contributed by atoms with E-state index in [2.05, 4.69) is 20.9 Å². The maximum atomic E-state index is 8.96. The van der Waals surface area contributed by atoms with Gasteiger partial charge in [0.25, 0.3) is 0 Å². The van der Waals surface area contributed by atoms with Crippen LogP contribution in [0.25, 0.3) is 6.08 Å². The molecule has 0 aliphatic heterocycles. The molecule has 0 aliphatic carbocycles. The van der Waals surface area contributed by atoms with Gasteiger partial charge in [-0.1, -0.05) is 13.0 Å². The molecule has 2 nitrogen and oxygen atoms in total. The first-order valence-corrected chi connectivity index (χ1v) is 4.96. The quantitative estimate of drug-likeness (QED) is 0.883. The molecule has 70 valence electrons. The van der Waals surface area contributed by atoms with Crippen molar-refractivity contribution in [2.45, 2.75) is 13.3 Å². The summed E-state index contributed by atoms with van der Waals surface area (Å²) >= 11 is 3.34. The van der Waals surface area contributed by atoms with Crippen molar-refractivity contribution in [2.24, 2.45) is 0 Å². The second-order valence-electron chi connectivity index (χ2n) is 2.75. The molecule has 1 heterocycles. The number of hydrogen-bond donors (Lipinski definition) is 1. The van der Waals surface area contributed by atoms with E-state index < -0.39 is 0 Å². The van der Waals surface area contributed by atoms with Gasteiger partial charge in [0.15, 0.2) is 0 Å². The predicted octanol–water partition coefficient (Wildman–Crippen LogP) is 2.63. The van der Waals surface area contributed by atoms with Gasteiger partial charge in [-0.25, -0.2) is 0 Å². The number of pyridine rings is 1. The standard InChI is InChI=1S/C10H12BrNO/c1-2-8(7-13)3-9-4-10(11)6-12-5-9/h3-6,13H,2,7H2,1H3/b8-3-. The number of aromatic nitrogens is 1. The number of aliphatic hydroxyl groups excluding tert-OH is 1. The zero-order valence-electron chi connectivity index (χ0n) is 7.50. The molecule has 1 N–H and O–H groups in total. The van der Waals surface area contributed by atoms with Crippen molar-refractivity contribution >= 4 is 22.0 Å². The second-order valence-corrected chi connectivity index (χ2v) is 3.67. The van der Waals surface area contributed by atoms with Crippen LogP contribution in [0.5, 0.6) is 0 Å². The number of nitrogens with zero attached hydrogens (tertiary/aromatic N) is 1. The van der Waals surface area contributed by atoms with Crippen LogP contribution >= 0.6 is 15.9 Å². The fourth-order valence-electron chi connectivity index (χ4n) is 1.00. The largest absolute Gasteiger partial charge is 0.392 e. The van der Waals surface area contributed by atoms with E-state index in [4.69, 9.17) is 5.11 Å². The number of aliphatic hydroxyl groups is 1. The van der Waals surface area contributed by atoms with E-state index in [-0.39, 0.29) is 6.61 Å². The van der Waals surface area contributed by atoms with Gasteiger partial charge in [-0.2, -0.15) is 0 Å². The molecule has 0 aliphatic rings. The highest BCUT2D eigenvalue weighted by Crippen LogP contribution is 2.13. The molecule has 0 spiro atoms. The molecule has 0 fully saturated rings. The molecule has 1 aromatic rings. The van der Waals surface area contributed by atoms with Gasteiger partial charge in [-0.15, -0.1) is 0 Å². The Hall–Kier alpha value is -0.670. The van der Waals surface area contributed by atoms with Crippen LogP contribution in [0.1, 0.15) is 18.9 Å². The van der Waals surface area contributed by atoms with Crippen LogP contribution in [0.4, 0.5) is 0 Å². The van der Waals surface area contributed by atoms with E-state index in [1.54, 1.807) is 12.4 Å². The SMILES string of the molecule is CC/C(=C/c1cncc(Br)c1)CO. The Balaban J connectivity index is 2.89. The van der Waals surface area contributed by atoms with Gasteiger partial charge >= 0.3 is 0 Å². The summed E-state index contributed by atoms with van der Waals surface area (Å²) in [5.74, 6) is 0. The highest BCUT2D eigenvalue weighted by Gasteiger charge is 1.94. The van der Waals surface area contributed by atoms with E-state index in [0.717, 1.165) is 22.0 Å². The first kappa shape index (κ1) is 10.4. The Morgan fingerprint density at radius 3 is 2.92 bits per heavy atom. The van der Waals surface area contributed by atoms with Gasteiger partial charge in [0.2, 0.25) is 0 Å². The minimum atomic E-state index is 0.114. The van der Waals surface area contributed by atoms with Gasteiger partial charge in [0.1, 0.15) is 0 Å². The van der Waals surface area contributed by atoms with Crippen molar-refractivity contribution in [1.82, 2.24) is 4.98 Å². The van der Waals surface area contributed by atoms with Gasteiger partial charge in [-0.3, -0.25) is 4.98 Å². The van der Waals surface area contributed by atoms with Crippen LogP contribution in [0.2, 0.25) is 0 Å². The summed E-state index contributed by atoms with van der Waals surface area (Å²) in [6, 6.07) is 1.97. The fourth-order valence-corrected chi connectivity index (χ4v) is 1.38. The minimum Gasteiger partial charge on any atom is -0.392 e. The Morgan fingerprint density at radius 1 is 1.62 bits per heavy atom. The first-order chi connectivity index (χ1) is 6.26. The number of rotatable bonds is 3. The summed E-state index contributed by atoms with van der Waals surface area (Å²) in [7, 11) is 0. The predicted molar refractivity (Wildman–Crippen MR) is 57.3 cm³/mol. The molecule has 0 amide bonds. The van der Waals surface area contributed by atoms with Crippen LogP contribution in [-0.2, 0) is 0 Å². The molecule has 0 saturated heterocycles. The summed E-state index contributed by atoms with van der Waals surface area (Å²) in [6.07, 6.45) is 6.33. The fraction of sp³-hybridized carbons (Fsp3) is 0.300. The maximum Gasteiger partial charge on any atom is 0.0644 e. The molecule has 1 aromatic heterocycles. The van der Waals surface area contributed by atoms with Crippen LogP contribution in [0.3, 0.4) is 0 Å². The van der Waals surface area contributed by atoms with Crippen LogP contribution in [0, 0.1) is 0 Å². The van der Waals surface area contributed by atoms with Crippen molar-refractivity contribution in [1.29, 1.82) is 0 Å². The van der Waals surface area contributed by atoms with Crippen molar-refractivity contribution in [2.75, 3.05) is 6.61 Å². The molecule has 3 heteroatoms. The highest BCUT2D eigenvalue weighted by molar-refractivity contribution is 9.10. The number of halogens is 1. The molecular weight excluding hydrogens is 230 g/mol. The molecule has 0 radical (unpaired) electrons. The molecular formula is C10H12BrNO. The molecule has 0 bridgehead atoms. The van der Waals surface area contributed by atoms with Gasteiger partial charge < -0.3 is 5.11 Å². The monoisotopic (exact) mass is 241 g/mol. The van der Waals surface area contributed by atoms with Crippen molar-refractivity contribution in [3.8, 4) is 0 Å². The maximum absolute atomic E-state index is 8.96. The summed E-state index contributed by atoms with van der Waals surface area (Å²) in [6.45, 7) is 2.14. The lowest BCUT2D eigenvalue weighted by Gasteiger charge is -1.99. The molecule has 0 unspecified atom stereocenters. The molecule has 0 aromatic carbocycles. The van der Waals surface area contributed by atoms with E-state index >= 15 is 0 Å². The van der Waals surface area contributed by atoms with E-state index in [0.29, 0.717) is 0 Å². The average Bonchev–Trinajstić information content (AvgIpc) is 2.14. The Kier molecular flexibility index (Phi) is 4.12. The second kappa shape index (κ2) is 5.14. The van der Waals surface area contributed by atoms with E-state index in [1.807, 2.05) is 19.1 Å². The Bertz CT molecular complexity index is 304. The summed E-state index contributed by atoms with van der Waals surface area (Å²) in [5.41, 5.74) is 2.03. The third-order valence-corrected chi connectivity index (χ3v) is 2.19. The third-order valence-electron chi connectivity index (χ3n) is 1.75. The van der Waals surface area contributed by atoms with E-state index in [1.165, 1.54) is 0 Å². The minimum absolute atomic E-state index is 0.114. The lowest BCUT2D eigenvalue weighted by molar-refractivity contribution is 0.329. The van der Waals surface area contributed by atoms with Crippen LogP contribution in [0.15, 0.2) is 28.5 Å². The summed E-state index contributed by atoms with van der Waals surface area (Å²) < 4.78 is 0.953. The molecule has 13 heavy (non-hydrogen) atoms. The lowest BCUT2D eigenvalue weighted by Crippen LogP contribution is -1.88. The van der Waals surface area contributed by atoms with Crippen LogP contribution in [-0.4, -0.2) is 16.7 Å². The van der Waals surface area contributed by atoms with E-state index in [9.17, 15) is 0 Å². The van der Waals surface area contributed by atoms with Crippen molar-refractivity contribution < 1.29 is 5.11 Å². The average molecular weight is 242 g/mol. The summed E-state index contributed by atoms with van der Waals surface area (Å²) in [4.78, 5) is 4.03. The third kappa shape index (κ3) is 3.28. The molecule has 0 saturated carbocycles. The van der Waals surface area contributed by atoms with Gasteiger partial charge in [-0.05, 0) is 39.6 Å². The highest BCUT2D eigenvalue weighted by atomic mass is 79.9. The van der Waals surface area contributed by atoms with Gasteiger partial charge in [0.05, 0.1) is 6.61 Å². The van der Waals surface area contributed by atoms with Crippen molar-refractivity contribution in [3.05, 3.63) is 34.1 Å². The van der Waals surface area contributed by atoms with Crippen molar-refractivity contribution in [3.63, 3.8) is 0 Å². The first-order valence-electron chi connectivity index (χ1n) is 4.17. The zero-order chi connectivity index (χ0) is 9.68. The lowest BCUT2D eigenvalue weighted by atomic mass is 10.1. The Labute approximate surface area is 86.4 Å². The summed E-state index contributed by atoms with van der Waals surface area (Å²) in [5, 5.41) is 8.96. The number of hydrogen-bond acceptors (Lipinski definition) is 2. The molecule has 0 atom stereocenters. The normalized spacial score (nSPS) is 11.8. The zero-order valence-corrected chi connectivity index (χ0v) is 9.08.